The molecule has 0 amide bonds. The third-order valence-corrected chi connectivity index (χ3v) is 3.14. The summed E-state index contributed by atoms with van der Waals surface area (Å²) >= 11 is 1.19. The van der Waals surface area contributed by atoms with Gasteiger partial charge in [0.25, 0.3) is 0 Å². The lowest BCUT2D eigenvalue weighted by molar-refractivity contribution is -0.136. The van der Waals surface area contributed by atoms with Crippen molar-refractivity contribution in [1.29, 1.82) is 0 Å². The van der Waals surface area contributed by atoms with Gasteiger partial charge in [-0.15, -0.1) is 11.3 Å². The second kappa shape index (κ2) is 2.98. The molecule has 2 rings (SSSR count). The number of benzene rings is 1. The fourth-order valence-corrected chi connectivity index (χ4v) is 2.60. The van der Waals surface area contributed by atoms with Crippen LogP contribution in [-0.2, 0) is 6.18 Å². The predicted octanol–water partition coefficient (Wildman–Crippen LogP) is 4.23. The van der Waals surface area contributed by atoms with Crippen molar-refractivity contribution in [1.82, 2.24) is 0 Å². The molecule has 0 saturated heterocycles. The maximum Gasteiger partial charge on any atom is 0.418 e. The van der Waals surface area contributed by atoms with E-state index in [0.29, 0.717) is 15.0 Å². The molecule has 0 spiro atoms. The van der Waals surface area contributed by atoms with E-state index in [9.17, 15) is 13.2 Å². The Morgan fingerprint density at radius 3 is 2.43 bits per heavy atom. The van der Waals surface area contributed by atoms with Gasteiger partial charge in [0.1, 0.15) is 0 Å². The van der Waals surface area contributed by atoms with Gasteiger partial charge in [-0.25, -0.2) is 0 Å². The van der Waals surface area contributed by atoms with E-state index in [1.807, 2.05) is 0 Å². The van der Waals surface area contributed by atoms with Crippen LogP contribution in [0.3, 0.4) is 0 Å². The molecule has 74 valence electrons. The maximum absolute atomic E-state index is 12.6. The second-order valence-corrected chi connectivity index (χ2v) is 4.28. The summed E-state index contributed by atoms with van der Waals surface area (Å²) in [5, 5.41) is 0.308. The number of hydrogen-bond acceptors (Lipinski definition) is 1. The summed E-state index contributed by atoms with van der Waals surface area (Å²) in [6, 6.07) is 6.60. The average molecular weight is 216 g/mol. The van der Waals surface area contributed by atoms with E-state index < -0.39 is 11.7 Å². The topological polar surface area (TPSA) is 0 Å². The smallest absolute Gasteiger partial charge is 0.166 e. The molecule has 14 heavy (non-hydrogen) atoms. The average Bonchev–Trinajstić information content (AvgIpc) is 2.38. The van der Waals surface area contributed by atoms with Gasteiger partial charge in [-0.1, -0.05) is 18.2 Å². The SMILES string of the molecule is Cc1sc2ccccc2c1C(F)(F)F. The van der Waals surface area contributed by atoms with Gasteiger partial charge in [-0.3, -0.25) is 0 Å². The van der Waals surface area contributed by atoms with Crippen molar-refractivity contribution >= 4 is 21.4 Å². The zero-order chi connectivity index (χ0) is 10.3. The Hall–Kier alpha value is -1.03. The molecule has 0 saturated carbocycles. The first-order valence-electron chi connectivity index (χ1n) is 4.05. The Kier molecular flexibility index (Phi) is 2.03. The van der Waals surface area contributed by atoms with Gasteiger partial charge in [-0.2, -0.15) is 13.2 Å². The van der Waals surface area contributed by atoms with E-state index in [0.717, 1.165) is 0 Å². The fourth-order valence-electron chi connectivity index (χ4n) is 1.52. The molecule has 0 aliphatic rings. The van der Waals surface area contributed by atoms with Gasteiger partial charge < -0.3 is 0 Å². The Bertz CT molecular complexity index is 468. The van der Waals surface area contributed by atoms with E-state index in [1.54, 1.807) is 18.2 Å². The minimum absolute atomic E-state index is 0.308. The van der Waals surface area contributed by atoms with Crippen LogP contribution >= 0.6 is 11.3 Å². The standard InChI is InChI=1S/C10H7F3S/c1-6-9(10(11,12)13)7-4-2-3-5-8(7)14-6/h2-5H,1H3. The zero-order valence-corrected chi connectivity index (χ0v) is 8.17. The van der Waals surface area contributed by atoms with E-state index in [2.05, 4.69) is 0 Å². The van der Waals surface area contributed by atoms with E-state index >= 15 is 0 Å². The molecule has 0 fully saturated rings. The monoisotopic (exact) mass is 216 g/mol. The third kappa shape index (κ3) is 1.39. The number of alkyl halides is 3. The van der Waals surface area contributed by atoms with Crippen molar-refractivity contribution in [3.63, 3.8) is 0 Å². The van der Waals surface area contributed by atoms with Crippen LogP contribution in [0.1, 0.15) is 10.4 Å². The Morgan fingerprint density at radius 2 is 1.79 bits per heavy atom. The molecule has 0 radical (unpaired) electrons. The first kappa shape index (κ1) is 9.52. The van der Waals surface area contributed by atoms with Crippen LogP contribution in [0, 0.1) is 6.92 Å². The lowest BCUT2D eigenvalue weighted by atomic mass is 10.1. The van der Waals surface area contributed by atoms with Gasteiger partial charge in [0.05, 0.1) is 5.56 Å². The van der Waals surface area contributed by atoms with Crippen LogP contribution < -0.4 is 0 Å². The number of thiophene rings is 1. The minimum Gasteiger partial charge on any atom is -0.166 e. The van der Waals surface area contributed by atoms with Gasteiger partial charge in [0.15, 0.2) is 0 Å². The van der Waals surface area contributed by atoms with Crippen LogP contribution in [0.25, 0.3) is 10.1 Å². The first-order valence-corrected chi connectivity index (χ1v) is 4.87. The maximum atomic E-state index is 12.6. The molecule has 2 aromatic rings. The molecule has 1 aromatic heterocycles. The van der Waals surface area contributed by atoms with Crippen LogP contribution in [0.2, 0.25) is 0 Å². The first-order chi connectivity index (χ1) is 6.50. The number of rotatable bonds is 0. The van der Waals surface area contributed by atoms with E-state index in [-0.39, 0.29) is 0 Å². The van der Waals surface area contributed by atoms with Crippen LogP contribution in [0.4, 0.5) is 13.2 Å². The van der Waals surface area contributed by atoms with Gasteiger partial charge in [-0.05, 0) is 13.0 Å². The molecule has 0 unspecified atom stereocenters. The van der Waals surface area contributed by atoms with Gasteiger partial charge >= 0.3 is 6.18 Å². The Balaban J connectivity index is 2.81. The molecular weight excluding hydrogens is 209 g/mol. The molecule has 0 atom stereocenters. The summed E-state index contributed by atoms with van der Waals surface area (Å²) in [6.07, 6.45) is -4.25. The third-order valence-electron chi connectivity index (χ3n) is 2.05. The zero-order valence-electron chi connectivity index (χ0n) is 7.35. The van der Waals surface area contributed by atoms with Crippen molar-refractivity contribution in [2.24, 2.45) is 0 Å². The Labute approximate surface area is 83.0 Å². The fraction of sp³-hybridized carbons (Fsp3) is 0.200. The van der Waals surface area contributed by atoms with Crippen molar-refractivity contribution in [3.05, 3.63) is 34.7 Å². The van der Waals surface area contributed by atoms with Crippen molar-refractivity contribution in [3.8, 4) is 0 Å². The van der Waals surface area contributed by atoms with Crippen LogP contribution in [0.5, 0.6) is 0 Å². The number of halogens is 3. The highest BCUT2D eigenvalue weighted by Crippen LogP contribution is 2.41. The van der Waals surface area contributed by atoms with Crippen molar-refractivity contribution < 1.29 is 13.2 Å². The lowest BCUT2D eigenvalue weighted by Gasteiger charge is -2.05. The lowest BCUT2D eigenvalue weighted by Crippen LogP contribution is -2.05. The van der Waals surface area contributed by atoms with Gasteiger partial charge in [0, 0.05) is 15.0 Å². The largest absolute Gasteiger partial charge is 0.418 e. The summed E-state index contributed by atoms with van der Waals surface area (Å²) in [6.45, 7) is 1.51. The van der Waals surface area contributed by atoms with E-state index in [1.165, 1.54) is 24.3 Å². The van der Waals surface area contributed by atoms with Gasteiger partial charge in [0.2, 0.25) is 0 Å². The summed E-state index contributed by atoms with van der Waals surface area (Å²) in [5.74, 6) is 0. The molecular formula is C10H7F3S. The molecule has 1 aromatic carbocycles. The number of aryl methyl sites for hydroxylation is 1. The summed E-state index contributed by atoms with van der Waals surface area (Å²) in [4.78, 5) is 0.332. The molecule has 0 nitrogen and oxygen atoms in total. The second-order valence-electron chi connectivity index (χ2n) is 3.03. The number of hydrogen-bond donors (Lipinski definition) is 0. The summed E-state index contributed by atoms with van der Waals surface area (Å²) in [7, 11) is 0. The quantitative estimate of drug-likeness (QED) is 0.618. The highest BCUT2D eigenvalue weighted by molar-refractivity contribution is 7.19. The highest BCUT2D eigenvalue weighted by atomic mass is 32.1. The van der Waals surface area contributed by atoms with Crippen molar-refractivity contribution in [2.45, 2.75) is 13.1 Å². The van der Waals surface area contributed by atoms with Crippen molar-refractivity contribution in [2.75, 3.05) is 0 Å². The predicted molar refractivity (Wildman–Crippen MR) is 51.6 cm³/mol. The summed E-state index contributed by atoms with van der Waals surface area (Å²) < 4.78 is 38.5. The minimum atomic E-state index is -4.25. The van der Waals surface area contributed by atoms with Crippen LogP contribution in [-0.4, -0.2) is 0 Å². The normalized spacial score (nSPS) is 12.3. The summed E-state index contributed by atoms with van der Waals surface area (Å²) in [5.41, 5.74) is -0.488. The molecule has 1 heterocycles. The molecule has 0 bridgehead atoms. The molecule has 0 aliphatic heterocycles. The Morgan fingerprint density at radius 1 is 1.14 bits per heavy atom. The molecule has 0 N–H and O–H groups in total. The number of fused-ring (bicyclic) bond motifs is 1. The highest BCUT2D eigenvalue weighted by Gasteiger charge is 2.35. The van der Waals surface area contributed by atoms with E-state index in [4.69, 9.17) is 0 Å². The molecule has 4 heteroatoms. The molecule has 0 aliphatic carbocycles. The van der Waals surface area contributed by atoms with Crippen LogP contribution in [0.15, 0.2) is 24.3 Å².